The molecule has 3 atom stereocenters. The minimum Gasteiger partial charge on any atom is -0.444 e. The fraction of sp³-hybridized carbons (Fsp3) is 0.441. The van der Waals surface area contributed by atoms with Gasteiger partial charge in [-0.15, -0.1) is 0 Å². The number of H-pyrrole nitrogens is 2. The number of rotatable bonds is 10. The maximum absolute atomic E-state index is 13.0. The lowest BCUT2D eigenvalue weighted by Crippen LogP contribution is -2.39. The Morgan fingerprint density at radius 2 is 1.33 bits per heavy atom. The summed E-state index contributed by atoms with van der Waals surface area (Å²) in [5.74, 6) is 3.20. The molecule has 1 saturated carbocycles. The first-order valence-corrected chi connectivity index (χ1v) is 15.0. The standard InChI is InChI=1S/C34H44N6O2/c1-21(2)16-35-19-30-36-17-28(38-30)26-12-8-24(9-13-26)25-10-14-27(15-11-25)29-18-37-31(39-29)20-40(32-22(3)23(32)4)33(41)42-34(5,6)7/h8-15,17-18,21-23,32,35H,16,19-20H2,1-7H3,(H,36,38)(H,37,39)/t22-,23?,32?/m1/s1. The highest BCUT2D eigenvalue weighted by molar-refractivity contribution is 5.72. The minimum absolute atomic E-state index is 0.168. The highest BCUT2D eigenvalue weighted by Crippen LogP contribution is 2.43. The lowest BCUT2D eigenvalue weighted by molar-refractivity contribution is 0.0195. The molecule has 8 heteroatoms. The second-order valence-electron chi connectivity index (χ2n) is 13.0. The Labute approximate surface area is 249 Å². The molecular weight excluding hydrogens is 524 g/mol. The number of ether oxygens (including phenoxy) is 1. The quantitative estimate of drug-likeness (QED) is 0.187. The number of carbonyl (C=O) groups is 1. The Hall–Kier alpha value is -3.91. The third-order valence-corrected chi connectivity index (χ3v) is 7.90. The Balaban J connectivity index is 1.23. The third kappa shape index (κ3) is 7.10. The number of nitrogens with zero attached hydrogens (tertiary/aromatic N) is 3. The zero-order chi connectivity index (χ0) is 30.0. The number of imidazole rings is 2. The maximum Gasteiger partial charge on any atom is 0.410 e. The molecule has 2 unspecified atom stereocenters. The van der Waals surface area contributed by atoms with Crippen LogP contribution in [0.25, 0.3) is 33.6 Å². The van der Waals surface area contributed by atoms with Crippen molar-refractivity contribution in [2.75, 3.05) is 6.54 Å². The normalized spacial score (nSPS) is 18.3. The Bertz CT molecular complexity index is 1470. The van der Waals surface area contributed by atoms with Gasteiger partial charge in [-0.1, -0.05) is 76.2 Å². The van der Waals surface area contributed by atoms with Crippen LogP contribution in [-0.4, -0.2) is 49.1 Å². The van der Waals surface area contributed by atoms with Crippen LogP contribution in [0.4, 0.5) is 4.79 Å². The van der Waals surface area contributed by atoms with Gasteiger partial charge in [-0.25, -0.2) is 14.8 Å². The molecule has 0 spiro atoms. The zero-order valence-electron chi connectivity index (χ0n) is 25.9. The van der Waals surface area contributed by atoms with Crippen molar-refractivity contribution in [3.63, 3.8) is 0 Å². The van der Waals surface area contributed by atoms with E-state index < -0.39 is 5.60 Å². The summed E-state index contributed by atoms with van der Waals surface area (Å²) in [6, 6.07) is 17.2. The van der Waals surface area contributed by atoms with Gasteiger partial charge in [0, 0.05) is 6.04 Å². The molecule has 1 aliphatic rings. The van der Waals surface area contributed by atoms with E-state index in [1.807, 2.05) is 38.1 Å². The number of carbonyl (C=O) groups excluding carboxylic acids is 1. The number of nitrogens with one attached hydrogen (secondary N) is 3. The number of benzene rings is 2. The van der Waals surface area contributed by atoms with Gasteiger partial charge in [-0.05, 0) is 67.3 Å². The van der Waals surface area contributed by atoms with E-state index in [4.69, 9.17) is 4.74 Å². The average Bonchev–Trinajstić information content (AvgIpc) is 3.34. The predicted molar refractivity (Wildman–Crippen MR) is 167 cm³/mol. The SMILES string of the molecule is CC(C)CNCc1ncc(-c2ccc(-c3ccc(-c4cnc(CN(C(=O)OC(C)(C)C)C5C(C)[C@H]5C)[nH]4)cc3)cc2)[nH]1. The Morgan fingerprint density at radius 3 is 1.81 bits per heavy atom. The van der Waals surface area contributed by atoms with Crippen molar-refractivity contribution in [2.45, 2.75) is 73.2 Å². The molecule has 0 bridgehead atoms. The summed E-state index contributed by atoms with van der Waals surface area (Å²) < 4.78 is 5.71. The highest BCUT2D eigenvalue weighted by Gasteiger charge is 2.50. The van der Waals surface area contributed by atoms with E-state index in [1.54, 1.807) is 0 Å². The molecule has 0 saturated heterocycles. The van der Waals surface area contributed by atoms with Crippen molar-refractivity contribution < 1.29 is 9.53 Å². The van der Waals surface area contributed by atoms with Crippen LogP contribution in [0.1, 0.15) is 60.1 Å². The Kier molecular flexibility index (Phi) is 8.55. The van der Waals surface area contributed by atoms with Crippen LogP contribution in [0.3, 0.4) is 0 Å². The topological polar surface area (TPSA) is 98.9 Å². The predicted octanol–water partition coefficient (Wildman–Crippen LogP) is 7.27. The molecule has 0 radical (unpaired) electrons. The smallest absolute Gasteiger partial charge is 0.410 e. The summed E-state index contributed by atoms with van der Waals surface area (Å²) in [4.78, 5) is 30.8. The van der Waals surface area contributed by atoms with E-state index in [2.05, 4.69) is 101 Å². The van der Waals surface area contributed by atoms with E-state index in [9.17, 15) is 4.79 Å². The lowest BCUT2D eigenvalue weighted by Gasteiger charge is -2.27. The average molecular weight is 569 g/mol. The second-order valence-corrected chi connectivity index (χ2v) is 13.0. The summed E-state index contributed by atoms with van der Waals surface area (Å²) in [6.07, 6.45) is 3.44. The summed E-state index contributed by atoms with van der Waals surface area (Å²) in [6.45, 7) is 16.5. The van der Waals surface area contributed by atoms with Crippen molar-refractivity contribution in [1.82, 2.24) is 30.2 Å². The summed E-state index contributed by atoms with van der Waals surface area (Å²) >= 11 is 0. The Morgan fingerprint density at radius 1 is 0.857 bits per heavy atom. The van der Waals surface area contributed by atoms with Crippen LogP contribution < -0.4 is 5.32 Å². The number of hydrogen-bond donors (Lipinski definition) is 3. The number of aromatic amines is 2. The molecule has 1 amide bonds. The van der Waals surface area contributed by atoms with Gasteiger partial charge in [0.1, 0.15) is 17.2 Å². The van der Waals surface area contributed by atoms with E-state index in [0.717, 1.165) is 58.4 Å². The number of amides is 1. The summed E-state index contributed by atoms with van der Waals surface area (Å²) in [5, 5.41) is 3.42. The fourth-order valence-corrected chi connectivity index (χ4v) is 5.33. The molecule has 8 nitrogen and oxygen atoms in total. The van der Waals surface area contributed by atoms with E-state index in [1.165, 1.54) is 0 Å². The summed E-state index contributed by atoms with van der Waals surface area (Å²) in [7, 11) is 0. The molecule has 4 aromatic rings. The summed E-state index contributed by atoms with van der Waals surface area (Å²) in [5.41, 5.74) is 5.84. The van der Waals surface area contributed by atoms with E-state index >= 15 is 0 Å². The molecule has 2 aromatic heterocycles. The minimum atomic E-state index is -0.541. The van der Waals surface area contributed by atoms with Gasteiger partial charge in [-0.2, -0.15) is 0 Å². The van der Waals surface area contributed by atoms with Gasteiger partial charge in [-0.3, -0.25) is 4.90 Å². The third-order valence-electron chi connectivity index (χ3n) is 7.90. The van der Waals surface area contributed by atoms with Crippen molar-refractivity contribution >= 4 is 6.09 Å². The van der Waals surface area contributed by atoms with Crippen molar-refractivity contribution in [1.29, 1.82) is 0 Å². The van der Waals surface area contributed by atoms with E-state index in [0.29, 0.717) is 24.3 Å². The fourth-order valence-electron chi connectivity index (χ4n) is 5.33. The molecule has 1 fully saturated rings. The van der Waals surface area contributed by atoms with Crippen LogP contribution >= 0.6 is 0 Å². The molecule has 2 heterocycles. The van der Waals surface area contributed by atoms with Gasteiger partial charge >= 0.3 is 6.09 Å². The van der Waals surface area contributed by atoms with Gasteiger partial charge in [0.25, 0.3) is 0 Å². The largest absolute Gasteiger partial charge is 0.444 e. The number of hydrogen-bond acceptors (Lipinski definition) is 5. The molecule has 3 N–H and O–H groups in total. The molecule has 2 aromatic carbocycles. The lowest BCUT2D eigenvalue weighted by atomic mass is 10.0. The molecule has 42 heavy (non-hydrogen) atoms. The molecule has 1 aliphatic carbocycles. The van der Waals surface area contributed by atoms with Crippen molar-refractivity contribution in [2.24, 2.45) is 17.8 Å². The highest BCUT2D eigenvalue weighted by atomic mass is 16.6. The van der Waals surface area contributed by atoms with Crippen LogP contribution in [-0.2, 0) is 17.8 Å². The monoisotopic (exact) mass is 568 g/mol. The van der Waals surface area contributed by atoms with Crippen LogP contribution in [0, 0.1) is 17.8 Å². The second kappa shape index (κ2) is 12.1. The number of aromatic nitrogens is 4. The molecule has 222 valence electrons. The first-order chi connectivity index (χ1) is 20.0. The molecular formula is C34H44N6O2. The van der Waals surface area contributed by atoms with Crippen LogP contribution in [0.5, 0.6) is 0 Å². The van der Waals surface area contributed by atoms with Crippen molar-refractivity contribution in [3.05, 3.63) is 72.6 Å². The van der Waals surface area contributed by atoms with Gasteiger partial charge < -0.3 is 20.0 Å². The first kappa shape index (κ1) is 29.6. The first-order valence-electron chi connectivity index (χ1n) is 15.0. The van der Waals surface area contributed by atoms with E-state index in [-0.39, 0.29) is 12.1 Å². The zero-order valence-corrected chi connectivity index (χ0v) is 25.9. The molecule has 5 rings (SSSR count). The van der Waals surface area contributed by atoms with Gasteiger partial charge in [0.2, 0.25) is 0 Å². The van der Waals surface area contributed by atoms with Gasteiger partial charge in [0.15, 0.2) is 0 Å². The van der Waals surface area contributed by atoms with Gasteiger partial charge in [0.05, 0.1) is 36.9 Å². The maximum atomic E-state index is 13.0. The van der Waals surface area contributed by atoms with Crippen LogP contribution in [0.2, 0.25) is 0 Å². The molecule has 0 aliphatic heterocycles. The van der Waals surface area contributed by atoms with Crippen LogP contribution in [0.15, 0.2) is 60.9 Å². The van der Waals surface area contributed by atoms with Crippen molar-refractivity contribution in [3.8, 4) is 33.6 Å².